The number of carbonyl (C=O) groups excluding carboxylic acids is 1. The zero-order valence-corrected chi connectivity index (χ0v) is 12.1. The van der Waals surface area contributed by atoms with Crippen molar-refractivity contribution in [3.8, 4) is 0 Å². The quantitative estimate of drug-likeness (QED) is 0.891. The molecule has 1 atom stereocenters. The molecule has 2 rings (SSSR count). The minimum Gasteiger partial charge on any atom is -0.394 e. The van der Waals surface area contributed by atoms with Gasteiger partial charge in [0.2, 0.25) is 0 Å². The monoisotopic (exact) mass is 276 g/mol. The van der Waals surface area contributed by atoms with Crippen molar-refractivity contribution in [3.05, 3.63) is 35.9 Å². The van der Waals surface area contributed by atoms with Gasteiger partial charge in [-0.25, -0.2) is 4.79 Å². The van der Waals surface area contributed by atoms with Crippen molar-refractivity contribution in [2.45, 2.75) is 38.1 Å². The summed E-state index contributed by atoms with van der Waals surface area (Å²) >= 11 is 0. The van der Waals surface area contributed by atoms with Gasteiger partial charge in [-0.1, -0.05) is 43.2 Å². The van der Waals surface area contributed by atoms with E-state index in [-0.39, 0.29) is 12.6 Å². The number of nitrogens with one attached hydrogen (secondary N) is 1. The normalized spacial score (nSPS) is 19.0. The molecule has 1 aliphatic heterocycles. The largest absolute Gasteiger partial charge is 0.394 e. The Bertz CT molecular complexity index is 427. The highest BCUT2D eigenvalue weighted by atomic mass is 16.3. The fraction of sp³-hybridized carbons (Fsp3) is 0.562. The Morgan fingerprint density at radius 3 is 2.35 bits per heavy atom. The number of urea groups is 1. The smallest absolute Gasteiger partial charge is 0.318 e. The average molecular weight is 276 g/mol. The molecule has 0 bridgehead atoms. The summed E-state index contributed by atoms with van der Waals surface area (Å²) in [5.74, 6) is 0. The molecule has 0 aromatic heterocycles. The zero-order valence-electron chi connectivity index (χ0n) is 12.1. The van der Waals surface area contributed by atoms with Crippen LogP contribution in [0.4, 0.5) is 4.79 Å². The summed E-state index contributed by atoms with van der Waals surface area (Å²) in [6.45, 7) is 3.36. The molecule has 0 saturated carbocycles. The number of benzene rings is 1. The van der Waals surface area contributed by atoms with Gasteiger partial charge >= 0.3 is 6.03 Å². The molecule has 2 amide bonds. The van der Waals surface area contributed by atoms with Gasteiger partial charge in [0.25, 0.3) is 0 Å². The number of hydrogen-bond donors (Lipinski definition) is 2. The first-order valence-corrected chi connectivity index (χ1v) is 7.39. The fourth-order valence-electron chi connectivity index (χ4n) is 2.60. The maximum Gasteiger partial charge on any atom is 0.318 e. The van der Waals surface area contributed by atoms with Crippen molar-refractivity contribution in [2.24, 2.45) is 0 Å². The molecule has 0 spiro atoms. The van der Waals surface area contributed by atoms with E-state index in [2.05, 4.69) is 5.32 Å². The highest BCUT2D eigenvalue weighted by Gasteiger charge is 2.29. The van der Waals surface area contributed by atoms with Crippen LogP contribution in [-0.4, -0.2) is 35.7 Å². The van der Waals surface area contributed by atoms with Gasteiger partial charge in [0.15, 0.2) is 0 Å². The van der Waals surface area contributed by atoms with E-state index < -0.39 is 5.54 Å². The van der Waals surface area contributed by atoms with Crippen LogP contribution in [0.5, 0.6) is 0 Å². The van der Waals surface area contributed by atoms with Crippen LogP contribution in [0.2, 0.25) is 0 Å². The minimum atomic E-state index is -0.732. The third-order valence-electron chi connectivity index (χ3n) is 4.00. The van der Waals surface area contributed by atoms with Crippen LogP contribution >= 0.6 is 0 Å². The van der Waals surface area contributed by atoms with Gasteiger partial charge in [0.1, 0.15) is 0 Å². The number of likely N-dealkylation sites (tertiary alicyclic amines) is 1. The molecule has 1 aromatic carbocycles. The summed E-state index contributed by atoms with van der Waals surface area (Å²) in [6.07, 6.45) is 4.52. The predicted molar refractivity (Wildman–Crippen MR) is 79.5 cm³/mol. The Morgan fingerprint density at radius 1 is 1.20 bits per heavy atom. The molecule has 1 unspecified atom stereocenters. The Hall–Kier alpha value is -1.55. The molecule has 0 aliphatic carbocycles. The molecule has 4 heteroatoms. The molecule has 1 aliphatic rings. The number of aliphatic hydroxyl groups is 1. The van der Waals surface area contributed by atoms with E-state index in [1.54, 1.807) is 0 Å². The summed E-state index contributed by atoms with van der Waals surface area (Å²) in [5.41, 5.74) is 0.190. The van der Waals surface area contributed by atoms with Crippen LogP contribution in [0, 0.1) is 0 Å². The van der Waals surface area contributed by atoms with Gasteiger partial charge in [0, 0.05) is 13.1 Å². The highest BCUT2D eigenvalue weighted by molar-refractivity contribution is 5.75. The second-order valence-corrected chi connectivity index (χ2v) is 5.69. The van der Waals surface area contributed by atoms with Crippen molar-refractivity contribution in [1.29, 1.82) is 0 Å². The summed E-state index contributed by atoms with van der Waals surface area (Å²) in [5, 5.41) is 12.7. The summed E-state index contributed by atoms with van der Waals surface area (Å²) in [7, 11) is 0. The SMILES string of the molecule is CC(CO)(NC(=O)N1CCCCCC1)c1ccccc1. The Balaban J connectivity index is 2.07. The van der Waals surface area contributed by atoms with Crippen LogP contribution in [0.1, 0.15) is 38.2 Å². The topological polar surface area (TPSA) is 52.6 Å². The van der Waals surface area contributed by atoms with Crippen LogP contribution in [-0.2, 0) is 5.54 Å². The van der Waals surface area contributed by atoms with Crippen LogP contribution < -0.4 is 5.32 Å². The molecule has 0 radical (unpaired) electrons. The number of hydrogen-bond acceptors (Lipinski definition) is 2. The van der Waals surface area contributed by atoms with E-state index in [1.807, 2.05) is 42.2 Å². The maximum atomic E-state index is 12.4. The summed E-state index contributed by atoms with van der Waals surface area (Å²) < 4.78 is 0. The molecule has 2 N–H and O–H groups in total. The molecule has 1 fully saturated rings. The Morgan fingerprint density at radius 2 is 1.80 bits per heavy atom. The van der Waals surface area contributed by atoms with Gasteiger partial charge in [-0.2, -0.15) is 0 Å². The first-order chi connectivity index (χ1) is 9.65. The maximum absolute atomic E-state index is 12.4. The van der Waals surface area contributed by atoms with Gasteiger partial charge in [-0.15, -0.1) is 0 Å². The summed E-state index contributed by atoms with van der Waals surface area (Å²) in [4.78, 5) is 14.3. The van der Waals surface area contributed by atoms with Crippen LogP contribution in [0.15, 0.2) is 30.3 Å². The van der Waals surface area contributed by atoms with E-state index in [4.69, 9.17) is 0 Å². The molecular weight excluding hydrogens is 252 g/mol. The number of nitrogens with zero attached hydrogens (tertiary/aromatic N) is 1. The van der Waals surface area contributed by atoms with Gasteiger partial charge < -0.3 is 15.3 Å². The molecule has 1 saturated heterocycles. The fourth-order valence-corrected chi connectivity index (χ4v) is 2.60. The van der Waals surface area contributed by atoms with E-state index in [0.29, 0.717) is 0 Å². The van der Waals surface area contributed by atoms with Crippen molar-refractivity contribution in [2.75, 3.05) is 19.7 Å². The molecule has 4 nitrogen and oxygen atoms in total. The number of aliphatic hydroxyl groups excluding tert-OH is 1. The van der Waals surface area contributed by atoms with Gasteiger partial charge in [-0.05, 0) is 25.3 Å². The van der Waals surface area contributed by atoms with Crippen molar-refractivity contribution in [3.63, 3.8) is 0 Å². The van der Waals surface area contributed by atoms with E-state index in [1.165, 1.54) is 12.8 Å². The average Bonchev–Trinajstić information content (AvgIpc) is 2.77. The third kappa shape index (κ3) is 3.51. The van der Waals surface area contributed by atoms with Gasteiger partial charge in [0.05, 0.1) is 12.1 Å². The Kier molecular flexibility index (Phi) is 5.01. The van der Waals surface area contributed by atoms with Gasteiger partial charge in [-0.3, -0.25) is 0 Å². The second kappa shape index (κ2) is 6.75. The number of amides is 2. The minimum absolute atomic E-state index is 0.0766. The first kappa shape index (κ1) is 14.9. The van der Waals surface area contributed by atoms with E-state index >= 15 is 0 Å². The van der Waals surface area contributed by atoms with Crippen molar-refractivity contribution < 1.29 is 9.90 Å². The van der Waals surface area contributed by atoms with Crippen molar-refractivity contribution in [1.82, 2.24) is 10.2 Å². The molecule has 1 heterocycles. The highest BCUT2D eigenvalue weighted by Crippen LogP contribution is 2.20. The van der Waals surface area contributed by atoms with E-state index in [9.17, 15) is 9.90 Å². The van der Waals surface area contributed by atoms with Crippen LogP contribution in [0.25, 0.3) is 0 Å². The number of rotatable bonds is 3. The second-order valence-electron chi connectivity index (χ2n) is 5.69. The van der Waals surface area contributed by atoms with E-state index in [0.717, 1.165) is 31.5 Å². The summed E-state index contributed by atoms with van der Waals surface area (Å²) in [6, 6.07) is 9.55. The van der Waals surface area contributed by atoms with Crippen LogP contribution in [0.3, 0.4) is 0 Å². The Labute approximate surface area is 120 Å². The predicted octanol–water partition coefficient (Wildman–Crippen LogP) is 2.48. The molecule has 20 heavy (non-hydrogen) atoms. The molecule has 1 aromatic rings. The third-order valence-corrected chi connectivity index (χ3v) is 4.00. The zero-order chi connectivity index (χ0) is 14.4. The lowest BCUT2D eigenvalue weighted by atomic mass is 9.93. The molecular formula is C16H24N2O2. The lowest BCUT2D eigenvalue weighted by molar-refractivity contribution is 0.151. The lowest BCUT2D eigenvalue weighted by Crippen LogP contribution is -2.52. The first-order valence-electron chi connectivity index (χ1n) is 7.39. The molecule has 110 valence electrons. The standard InChI is InChI=1S/C16H24N2O2/c1-16(13-19,14-9-5-4-6-10-14)17-15(20)18-11-7-2-3-8-12-18/h4-6,9-10,19H,2-3,7-8,11-13H2,1H3,(H,17,20). The lowest BCUT2D eigenvalue weighted by Gasteiger charge is -2.32. The number of carbonyl (C=O) groups is 1. The van der Waals surface area contributed by atoms with Crippen molar-refractivity contribution >= 4 is 6.03 Å².